The van der Waals surface area contributed by atoms with Gasteiger partial charge in [0.1, 0.15) is 11.8 Å². The highest BCUT2D eigenvalue weighted by molar-refractivity contribution is 5.83. The maximum Gasteiger partial charge on any atom is 0.321 e. The minimum atomic E-state index is -0.964. The fraction of sp³-hybridized carbons (Fsp3) is 0.500. The van der Waals surface area contributed by atoms with Gasteiger partial charge in [-0.05, 0) is 38.7 Å². The van der Waals surface area contributed by atoms with Crippen molar-refractivity contribution in [3.63, 3.8) is 0 Å². The molecule has 152 valence electrons. The van der Waals surface area contributed by atoms with E-state index < -0.39 is 18.1 Å². The third kappa shape index (κ3) is 6.30. The molecule has 0 aliphatic carbocycles. The van der Waals surface area contributed by atoms with Crippen LogP contribution in [0.5, 0.6) is 0 Å². The van der Waals surface area contributed by atoms with Crippen molar-refractivity contribution in [3.8, 4) is 0 Å². The number of rotatable bonds is 10. The molecule has 1 aromatic heterocycles. The van der Waals surface area contributed by atoms with Gasteiger partial charge in [0.25, 0.3) is 0 Å². The SMILES string of the molecule is CC(=O)C(CC(C)C)N[C@@H](Cc1cncn1Cc1cc(C)cc(C)c1)C(=O)O. The lowest BCUT2D eigenvalue weighted by molar-refractivity contribution is -0.139. The molecule has 0 saturated carbocycles. The molecule has 28 heavy (non-hydrogen) atoms. The summed E-state index contributed by atoms with van der Waals surface area (Å²) in [4.78, 5) is 28.0. The first-order chi connectivity index (χ1) is 13.2. The van der Waals surface area contributed by atoms with E-state index in [4.69, 9.17) is 0 Å². The Balaban J connectivity index is 2.17. The van der Waals surface area contributed by atoms with Crippen LogP contribution in [0.2, 0.25) is 0 Å². The minimum Gasteiger partial charge on any atom is -0.480 e. The molecule has 0 amide bonds. The van der Waals surface area contributed by atoms with Gasteiger partial charge in [0.05, 0.1) is 12.4 Å². The number of Topliss-reactive ketones (excluding diaryl/α,β-unsaturated/α-hetero) is 1. The molecule has 6 heteroatoms. The number of imidazole rings is 1. The van der Waals surface area contributed by atoms with Gasteiger partial charge in [0, 0.05) is 24.9 Å². The van der Waals surface area contributed by atoms with E-state index in [-0.39, 0.29) is 12.2 Å². The van der Waals surface area contributed by atoms with Crippen LogP contribution in [0.3, 0.4) is 0 Å². The lowest BCUT2D eigenvalue weighted by atomic mass is 9.99. The maximum atomic E-state index is 11.9. The van der Waals surface area contributed by atoms with Crippen LogP contribution in [0.4, 0.5) is 0 Å². The van der Waals surface area contributed by atoms with Gasteiger partial charge in [-0.15, -0.1) is 0 Å². The molecule has 0 saturated heterocycles. The molecular formula is C22H31N3O3. The third-order valence-corrected chi connectivity index (χ3v) is 4.74. The van der Waals surface area contributed by atoms with Crippen molar-refractivity contribution in [3.05, 3.63) is 53.1 Å². The van der Waals surface area contributed by atoms with Crippen molar-refractivity contribution in [1.29, 1.82) is 0 Å². The second-order valence-corrected chi connectivity index (χ2v) is 8.06. The zero-order chi connectivity index (χ0) is 20.8. The highest BCUT2D eigenvalue weighted by atomic mass is 16.4. The number of ketones is 1. The highest BCUT2D eigenvalue weighted by Crippen LogP contribution is 2.14. The van der Waals surface area contributed by atoms with E-state index in [0.29, 0.717) is 18.9 Å². The van der Waals surface area contributed by atoms with Crippen molar-refractivity contribution < 1.29 is 14.7 Å². The number of carboxylic acid groups (broad SMARTS) is 1. The number of carboxylic acids is 1. The second kappa shape index (κ2) is 9.64. The van der Waals surface area contributed by atoms with Crippen LogP contribution in [0.25, 0.3) is 0 Å². The van der Waals surface area contributed by atoms with Crippen molar-refractivity contribution in [2.24, 2.45) is 5.92 Å². The molecule has 2 aromatic rings. The molecule has 0 fully saturated rings. The number of nitrogens with one attached hydrogen (secondary N) is 1. The van der Waals surface area contributed by atoms with Gasteiger partial charge >= 0.3 is 5.97 Å². The standard InChI is InChI=1S/C22H31N3O3/c1-14(2)6-20(17(5)26)24-21(22(27)28)10-19-11-23-13-25(19)12-18-8-15(3)7-16(4)9-18/h7-9,11,13-14,20-21,24H,6,10,12H2,1-5H3,(H,27,28)/t20?,21-/m0/s1. The largest absolute Gasteiger partial charge is 0.480 e. The molecule has 0 bridgehead atoms. The van der Waals surface area contributed by atoms with Gasteiger partial charge in [0.2, 0.25) is 0 Å². The summed E-state index contributed by atoms with van der Waals surface area (Å²) < 4.78 is 1.97. The van der Waals surface area contributed by atoms with Crippen LogP contribution in [0.1, 0.15) is 49.6 Å². The second-order valence-electron chi connectivity index (χ2n) is 8.06. The van der Waals surface area contributed by atoms with Gasteiger partial charge < -0.3 is 9.67 Å². The van der Waals surface area contributed by atoms with Crippen molar-refractivity contribution in [2.45, 2.75) is 66.1 Å². The lowest BCUT2D eigenvalue weighted by Gasteiger charge is -2.23. The summed E-state index contributed by atoms with van der Waals surface area (Å²) in [5.74, 6) is -0.705. The van der Waals surface area contributed by atoms with E-state index in [1.54, 1.807) is 12.5 Å². The number of hydrogen-bond acceptors (Lipinski definition) is 4. The first-order valence-electron chi connectivity index (χ1n) is 9.71. The van der Waals surface area contributed by atoms with E-state index in [2.05, 4.69) is 42.3 Å². The molecule has 2 atom stereocenters. The molecule has 0 aliphatic heterocycles. The molecule has 1 heterocycles. The molecule has 1 unspecified atom stereocenters. The van der Waals surface area contributed by atoms with Gasteiger partial charge in [-0.1, -0.05) is 43.2 Å². The fourth-order valence-electron chi connectivity index (χ4n) is 3.51. The molecule has 2 N–H and O–H groups in total. The molecule has 6 nitrogen and oxygen atoms in total. The predicted octanol–water partition coefficient (Wildman–Crippen LogP) is 3.14. The van der Waals surface area contributed by atoms with Crippen LogP contribution in [0, 0.1) is 19.8 Å². The summed E-state index contributed by atoms with van der Waals surface area (Å²) >= 11 is 0. The Morgan fingerprint density at radius 3 is 2.32 bits per heavy atom. The smallest absolute Gasteiger partial charge is 0.321 e. The Labute approximate surface area is 167 Å². The Morgan fingerprint density at radius 2 is 1.79 bits per heavy atom. The summed E-state index contributed by atoms with van der Waals surface area (Å²) in [5.41, 5.74) is 4.36. The summed E-state index contributed by atoms with van der Waals surface area (Å²) in [6, 6.07) is 5.06. The molecule has 0 spiro atoms. The summed E-state index contributed by atoms with van der Waals surface area (Å²) in [6.45, 7) is 10.3. The van der Waals surface area contributed by atoms with E-state index >= 15 is 0 Å². The van der Waals surface area contributed by atoms with Gasteiger partial charge in [-0.3, -0.25) is 14.9 Å². The first kappa shape index (κ1) is 21.8. The average Bonchev–Trinajstić information content (AvgIpc) is 2.98. The van der Waals surface area contributed by atoms with Crippen LogP contribution >= 0.6 is 0 Å². The Bertz CT molecular complexity index is 806. The number of aromatic nitrogens is 2. The van der Waals surface area contributed by atoms with Gasteiger partial charge in [-0.2, -0.15) is 0 Å². The van der Waals surface area contributed by atoms with Crippen LogP contribution in [0.15, 0.2) is 30.7 Å². The first-order valence-corrected chi connectivity index (χ1v) is 9.71. The zero-order valence-electron chi connectivity index (χ0n) is 17.4. The van der Waals surface area contributed by atoms with E-state index in [1.165, 1.54) is 18.1 Å². The normalized spacial score (nSPS) is 13.5. The minimum absolute atomic E-state index is 0.0382. The van der Waals surface area contributed by atoms with E-state index in [9.17, 15) is 14.7 Å². The zero-order valence-corrected chi connectivity index (χ0v) is 17.4. The number of carbonyl (C=O) groups is 2. The monoisotopic (exact) mass is 385 g/mol. The van der Waals surface area contributed by atoms with Gasteiger partial charge in [-0.25, -0.2) is 4.98 Å². The van der Waals surface area contributed by atoms with Crippen LogP contribution in [-0.2, 0) is 22.6 Å². The maximum absolute atomic E-state index is 11.9. The lowest BCUT2D eigenvalue weighted by Crippen LogP contribution is -2.48. The number of carbonyl (C=O) groups excluding carboxylic acids is 1. The van der Waals surface area contributed by atoms with Crippen molar-refractivity contribution >= 4 is 11.8 Å². The molecule has 0 radical (unpaired) electrons. The molecular weight excluding hydrogens is 354 g/mol. The number of benzene rings is 1. The summed E-state index contributed by atoms with van der Waals surface area (Å²) in [7, 11) is 0. The Hall–Kier alpha value is -2.47. The molecule has 1 aromatic carbocycles. The van der Waals surface area contributed by atoms with Crippen molar-refractivity contribution in [1.82, 2.24) is 14.9 Å². The highest BCUT2D eigenvalue weighted by Gasteiger charge is 2.26. The average molecular weight is 386 g/mol. The topological polar surface area (TPSA) is 84.2 Å². The van der Waals surface area contributed by atoms with E-state index in [0.717, 1.165) is 11.3 Å². The predicted molar refractivity (Wildman–Crippen MR) is 109 cm³/mol. The summed E-state index contributed by atoms with van der Waals surface area (Å²) in [6.07, 6.45) is 4.30. The molecule has 0 aliphatic rings. The Kier molecular flexibility index (Phi) is 7.52. The van der Waals surface area contributed by atoms with Crippen molar-refractivity contribution in [2.75, 3.05) is 0 Å². The number of aryl methyl sites for hydroxylation is 2. The van der Waals surface area contributed by atoms with E-state index in [1.807, 2.05) is 18.4 Å². The molecule has 2 rings (SSSR count). The van der Waals surface area contributed by atoms with Crippen LogP contribution in [-0.4, -0.2) is 38.5 Å². The van der Waals surface area contributed by atoms with Crippen LogP contribution < -0.4 is 5.32 Å². The fourth-order valence-corrected chi connectivity index (χ4v) is 3.51. The summed E-state index contributed by atoms with van der Waals surface area (Å²) in [5, 5.41) is 12.7. The third-order valence-electron chi connectivity index (χ3n) is 4.74. The number of nitrogens with zero attached hydrogens (tertiary/aromatic N) is 2. The van der Waals surface area contributed by atoms with Gasteiger partial charge in [0.15, 0.2) is 0 Å². The number of aliphatic carboxylic acids is 1. The Morgan fingerprint density at radius 1 is 1.14 bits per heavy atom. The number of hydrogen-bond donors (Lipinski definition) is 2. The quantitative estimate of drug-likeness (QED) is 0.656.